The highest BCUT2D eigenvalue weighted by atomic mass is 16.4. The molecular formula is C26H31N5O3. The summed E-state index contributed by atoms with van der Waals surface area (Å²) in [5, 5.41) is 16.6. The maximum atomic E-state index is 12.5. The van der Waals surface area contributed by atoms with Gasteiger partial charge in [-0.25, -0.2) is 9.48 Å². The average Bonchev–Trinajstić information content (AvgIpc) is 3.20. The van der Waals surface area contributed by atoms with Crippen LogP contribution in [0, 0.1) is 20.8 Å². The van der Waals surface area contributed by atoms with Gasteiger partial charge >= 0.3 is 5.97 Å². The molecule has 34 heavy (non-hydrogen) atoms. The fourth-order valence-corrected chi connectivity index (χ4v) is 4.30. The first-order chi connectivity index (χ1) is 16.3. The number of nitrogens with one attached hydrogen (secondary N) is 1. The molecule has 8 nitrogen and oxygen atoms in total. The first kappa shape index (κ1) is 23.5. The van der Waals surface area contributed by atoms with Gasteiger partial charge in [-0.1, -0.05) is 12.1 Å². The zero-order chi connectivity index (χ0) is 24.2. The van der Waals surface area contributed by atoms with E-state index in [0.29, 0.717) is 13.1 Å². The lowest BCUT2D eigenvalue weighted by Crippen LogP contribution is -2.49. The zero-order valence-corrected chi connectivity index (χ0v) is 19.9. The van der Waals surface area contributed by atoms with Crippen LogP contribution in [0.4, 0.5) is 5.69 Å². The van der Waals surface area contributed by atoms with Crippen LogP contribution in [-0.2, 0) is 11.3 Å². The Balaban J connectivity index is 1.27. The Kier molecular flexibility index (Phi) is 6.98. The minimum Gasteiger partial charge on any atom is -0.478 e. The van der Waals surface area contributed by atoms with E-state index < -0.39 is 5.97 Å². The van der Waals surface area contributed by atoms with Gasteiger partial charge < -0.3 is 15.3 Å². The highest BCUT2D eigenvalue weighted by molar-refractivity contribution is 5.87. The standard InChI is InChI=1S/C26H31N5O3/c1-18-5-4-6-24(20(18)3)30-13-11-29(12-14-30)17-25(32)27-16-22-15-19(2)31(28-22)23-9-7-21(8-10-23)26(33)34/h4-10,15H,11-14,16-17H2,1-3H3,(H,27,32)(H,33,34). The maximum absolute atomic E-state index is 12.5. The van der Waals surface area contributed by atoms with Gasteiger partial charge in [-0.3, -0.25) is 9.69 Å². The van der Waals surface area contributed by atoms with E-state index in [0.717, 1.165) is 43.3 Å². The molecule has 1 fully saturated rings. The number of carboxylic acid groups (broad SMARTS) is 1. The van der Waals surface area contributed by atoms with Crippen LogP contribution in [0.25, 0.3) is 5.69 Å². The van der Waals surface area contributed by atoms with E-state index in [2.05, 4.69) is 52.3 Å². The molecule has 0 atom stereocenters. The largest absolute Gasteiger partial charge is 0.478 e. The first-order valence-corrected chi connectivity index (χ1v) is 11.5. The molecule has 0 bridgehead atoms. The van der Waals surface area contributed by atoms with E-state index in [1.807, 2.05) is 13.0 Å². The third kappa shape index (κ3) is 5.28. The van der Waals surface area contributed by atoms with E-state index >= 15 is 0 Å². The Hall–Kier alpha value is -3.65. The predicted octanol–water partition coefficient (Wildman–Crippen LogP) is 2.93. The summed E-state index contributed by atoms with van der Waals surface area (Å²) in [7, 11) is 0. The number of amides is 1. The molecule has 1 amide bonds. The number of aromatic nitrogens is 2. The van der Waals surface area contributed by atoms with Crippen molar-refractivity contribution >= 4 is 17.6 Å². The molecule has 0 radical (unpaired) electrons. The molecule has 1 aliphatic rings. The number of aryl methyl sites for hydroxylation is 2. The topological polar surface area (TPSA) is 90.7 Å². The van der Waals surface area contributed by atoms with Crippen LogP contribution in [-0.4, -0.2) is 64.4 Å². The van der Waals surface area contributed by atoms with Gasteiger partial charge in [-0.05, 0) is 68.3 Å². The molecule has 178 valence electrons. The maximum Gasteiger partial charge on any atom is 0.335 e. The third-order valence-corrected chi connectivity index (χ3v) is 6.42. The van der Waals surface area contributed by atoms with Crippen molar-refractivity contribution < 1.29 is 14.7 Å². The molecule has 2 N–H and O–H groups in total. The van der Waals surface area contributed by atoms with Crippen molar-refractivity contribution in [1.82, 2.24) is 20.0 Å². The number of nitrogens with zero attached hydrogens (tertiary/aromatic N) is 4. The molecule has 1 saturated heterocycles. The van der Waals surface area contributed by atoms with E-state index in [4.69, 9.17) is 5.11 Å². The monoisotopic (exact) mass is 461 g/mol. The summed E-state index contributed by atoms with van der Waals surface area (Å²) in [4.78, 5) is 28.2. The zero-order valence-electron chi connectivity index (χ0n) is 19.9. The molecule has 0 spiro atoms. The number of piperazine rings is 1. The normalized spacial score (nSPS) is 14.3. The van der Waals surface area contributed by atoms with Crippen molar-refractivity contribution in [2.24, 2.45) is 0 Å². The average molecular weight is 462 g/mol. The van der Waals surface area contributed by atoms with E-state index in [-0.39, 0.29) is 11.5 Å². The Bertz CT molecular complexity index is 1180. The van der Waals surface area contributed by atoms with Crippen LogP contribution in [0.2, 0.25) is 0 Å². The number of carboxylic acids is 1. The van der Waals surface area contributed by atoms with Crippen molar-refractivity contribution in [3.8, 4) is 5.69 Å². The quantitative estimate of drug-likeness (QED) is 0.562. The SMILES string of the molecule is Cc1cccc(N2CCN(CC(=O)NCc3cc(C)n(-c4ccc(C(=O)O)cc4)n3)CC2)c1C. The number of carbonyl (C=O) groups is 2. The van der Waals surface area contributed by atoms with E-state index in [9.17, 15) is 9.59 Å². The van der Waals surface area contributed by atoms with Crippen molar-refractivity contribution in [2.75, 3.05) is 37.6 Å². The lowest BCUT2D eigenvalue weighted by Gasteiger charge is -2.36. The molecule has 3 aromatic rings. The number of aromatic carboxylic acids is 1. The van der Waals surface area contributed by atoms with Gasteiger partial charge in [0.2, 0.25) is 5.91 Å². The molecule has 0 aliphatic carbocycles. The van der Waals surface area contributed by atoms with E-state index in [1.54, 1.807) is 28.9 Å². The van der Waals surface area contributed by atoms with Crippen LogP contribution in [0.1, 0.15) is 32.9 Å². The van der Waals surface area contributed by atoms with Crippen LogP contribution in [0.5, 0.6) is 0 Å². The molecule has 8 heteroatoms. The Morgan fingerprint density at radius 1 is 1.00 bits per heavy atom. The fourth-order valence-electron chi connectivity index (χ4n) is 4.30. The number of carbonyl (C=O) groups excluding carboxylic acids is 1. The summed E-state index contributed by atoms with van der Waals surface area (Å²) in [6.07, 6.45) is 0. The molecule has 1 aromatic heterocycles. The smallest absolute Gasteiger partial charge is 0.335 e. The highest BCUT2D eigenvalue weighted by Crippen LogP contribution is 2.23. The minimum atomic E-state index is -0.959. The van der Waals surface area contributed by atoms with Crippen molar-refractivity contribution in [2.45, 2.75) is 27.3 Å². The Morgan fingerprint density at radius 3 is 2.38 bits per heavy atom. The highest BCUT2D eigenvalue weighted by Gasteiger charge is 2.20. The summed E-state index contributed by atoms with van der Waals surface area (Å²) in [5.41, 5.74) is 6.59. The van der Waals surface area contributed by atoms with Crippen LogP contribution >= 0.6 is 0 Å². The van der Waals surface area contributed by atoms with Crippen molar-refractivity contribution in [3.63, 3.8) is 0 Å². The van der Waals surface area contributed by atoms with Gasteiger partial charge in [-0.2, -0.15) is 5.10 Å². The lowest BCUT2D eigenvalue weighted by atomic mass is 10.1. The summed E-state index contributed by atoms with van der Waals surface area (Å²) < 4.78 is 1.75. The first-order valence-electron chi connectivity index (χ1n) is 11.5. The Morgan fingerprint density at radius 2 is 1.71 bits per heavy atom. The number of rotatable bonds is 7. The minimum absolute atomic E-state index is 0.0156. The third-order valence-electron chi connectivity index (χ3n) is 6.42. The number of anilines is 1. The summed E-state index contributed by atoms with van der Waals surface area (Å²) in [6, 6.07) is 14.9. The summed E-state index contributed by atoms with van der Waals surface area (Å²) in [5.74, 6) is -0.975. The molecule has 1 aliphatic heterocycles. The molecular weight excluding hydrogens is 430 g/mol. The van der Waals surface area contributed by atoms with Crippen LogP contribution in [0.15, 0.2) is 48.5 Å². The van der Waals surface area contributed by atoms with Crippen LogP contribution in [0.3, 0.4) is 0 Å². The second kappa shape index (κ2) is 10.1. The summed E-state index contributed by atoms with van der Waals surface area (Å²) >= 11 is 0. The van der Waals surface area contributed by atoms with Crippen LogP contribution < -0.4 is 10.2 Å². The fraction of sp³-hybridized carbons (Fsp3) is 0.346. The molecule has 0 saturated carbocycles. The predicted molar refractivity (Wildman–Crippen MR) is 132 cm³/mol. The molecule has 4 rings (SSSR count). The van der Waals surface area contributed by atoms with Gasteiger partial charge in [0, 0.05) is 37.6 Å². The van der Waals surface area contributed by atoms with Gasteiger partial charge in [0.25, 0.3) is 0 Å². The molecule has 2 heterocycles. The van der Waals surface area contributed by atoms with Crippen molar-refractivity contribution in [1.29, 1.82) is 0 Å². The summed E-state index contributed by atoms with van der Waals surface area (Å²) in [6.45, 7) is 10.5. The molecule has 2 aromatic carbocycles. The van der Waals surface area contributed by atoms with Gasteiger partial charge in [0.05, 0.1) is 30.0 Å². The number of hydrogen-bond acceptors (Lipinski definition) is 5. The van der Waals surface area contributed by atoms with Crippen molar-refractivity contribution in [3.05, 3.63) is 76.6 Å². The number of hydrogen-bond donors (Lipinski definition) is 2. The van der Waals surface area contributed by atoms with E-state index in [1.165, 1.54) is 16.8 Å². The molecule has 0 unspecified atom stereocenters. The lowest BCUT2D eigenvalue weighted by molar-refractivity contribution is -0.122. The van der Waals surface area contributed by atoms with Gasteiger partial charge in [0.15, 0.2) is 0 Å². The van der Waals surface area contributed by atoms with Gasteiger partial charge in [-0.15, -0.1) is 0 Å². The Labute approximate surface area is 199 Å². The second-order valence-electron chi connectivity index (χ2n) is 8.80. The second-order valence-corrected chi connectivity index (χ2v) is 8.80. The number of benzene rings is 2. The van der Waals surface area contributed by atoms with Gasteiger partial charge in [0.1, 0.15) is 0 Å².